The minimum atomic E-state index is 0.194. The predicted octanol–water partition coefficient (Wildman–Crippen LogP) is 0.756. The number of nitrogens with two attached hydrogens (primary N) is 1. The number of alkyl halides is 2. The van der Waals surface area contributed by atoms with E-state index in [0.717, 1.165) is 0 Å². The van der Waals surface area contributed by atoms with E-state index in [0.29, 0.717) is 0 Å². The molecule has 0 aromatic carbocycles. The largest absolute Gasteiger partial charge is 0.320 e. The van der Waals surface area contributed by atoms with Gasteiger partial charge in [-0.3, -0.25) is 0 Å². The topological polar surface area (TPSA) is 46.2 Å². The molecule has 0 amide bonds. The lowest BCUT2D eigenvalue weighted by molar-refractivity contribution is 0.311. The van der Waals surface area contributed by atoms with Gasteiger partial charge in [0.25, 0.3) is 0 Å². The zero-order valence-corrected chi connectivity index (χ0v) is 4.00. The minimum absolute atomic E-state index is 0.194. The van der Waals surface area contributed by atoms with Crippen LogP contribution < -0.4 is 5.90 Å². The summed E-state index contributed by atoms with van der Waals surface area (Å²) < 4.78 is 0. The van der Waals surface area contributed by atoms with Gasteiger partial charge in [0.2, 0.25) is 0 Å². The molecule has 0 bridgehead atoms. The van der Waals surface area contributed by atoms with Crippen LogP contribution in [0.25, 0.3) is 0 Å². The van der Waals surface area contributed by atoms with Gasteiger partial charge in [-0.2, -0.15) is 0 Å². The van der Waals surface area contributed by atoms with Crippen molar-refractivity contribution in [3.8, 4) is 0 Å². The van der Waals surface area contributed by atoms with Crippen molar-refractivity contribution in [2.45, 2.75) is 0 Å². The Balaban J connectivity index is 0. The molecule has 4 heteroatoms. The molecular formula is CH5Cl2NO. The molecule has 34 valence electrons. The Hall–Kier alpha value is 0.500. The van der Waals surface area contributed by atoms with Gasteiger partial charge in [-0.15, -0.1) is 23.2 Å². The van der Waals surface area contributed by atoms with Crippen LogP contribution in [-0.4, -0.2) is 10.5 Å². The quantitative estimate of drug-likeness (QED) is 0.364. The van der Waals surface area contributed by atoms with Crippen LogP contribution in [0.2, 0.25) is 0 Å². The fourth-order valence-corrected chi connectivity index (χ4v) is 0. The molecule has 0 aliphatic heterocycles. The Morgan fingerprint density at radius 1 is 1.40 bits per heavy atom. The molecule has 0 aliphatic carbocycles. The van der Waals surface area contributed by atoms with Gasteiger partial charge in [-0.1, -0.05) is 0 Å². The number of hydrogen-bond acceptors (Lipinski definition) is 2. The fourth-order valence-electron chi connectivity index (χ4n) is 0. The summed E-state index contributed by atoms with van der Waals surface area (Å²) in [6.07, 6.45) is 0. The summed E-state index contributed by atoms with van der Waals surface area (Å²) in [6.45, 7) is 0. The Kier molecular flexibility index (Phi) is 44.5. The van der Waals surface area contributed by atoms with Crippen molar-refractivity contribution >= 4 is 23.2 Å². The number of halogens is 2. The highest BCUT2D eigenvalue weighted by atomic mass is 35.5. The van der Waals surface area contributed by atoms with Gasteiger partial charge in [-0.25, -0.2) is 5.90 Å². The maximum Gasteiger partial charge on any atom is 0.0967 e. The summed E-state index contributed by atoms with van der Waals surface area (Å²) in [5.74, 6) is 3.50. The van der Waals surface area contributed by atoms with E-state index in [1.54, 1.807) is 0 Å². The van der Waals surface area contributed by atoms with Crippen molar-refractivity contribution < 1.29 is 5.21 Å². The second kappa shape index (κ2) is 24.5. The van der Waals surface area contributed by atoms with Gasteiger partial charge in [0.1, 0.15) is 0 Å². The molecule has 0 aromatic heterocycles. The van der Waals surface area contributed by atoms with E-state index in [1.807, 2.05) is 0 Å². The first-order chi connectivity index (χ1) is 2.41. The Morgan fingerprint density at radius 2 is 1.40 bits per heavy atom. The molecule has 0 aromatic rings. The lowest BCUT2D eigenvalue weighted by atomic mass is 11.9. The van der Waals surface area contributed by atoms with Crippen molar-refractivity contribution in [1.82, 2.24) is 0 Å². The SMILES string of the molecule is ClCCl.NO. The summed E-state index contributed by atoms with van der Waals surface area (Å²) in [7, 11) is 0. The summed E-state index contributed by atoms with van der Waals surface area (Å²) in [6, 6.07) is 0. The van der Waals surface area contributed by atoms with Crippen molar-refractivity contribution in [3.63, 3.8) is 0 Å². The molecule has 0 rings (SSSR count). The highest BCUT2D eigenvalue weighted by Crippen LogP contribution is 1.73. The molecule has 2 nitrogen and oxygen atoms in total. The van der Waals surface area contributed by atoms with Gasteiger partial charge in [0.05, 0.1) is 5.34 Å². The van der Waals surface area contributed by atoms with Gasteiger partial charge in [-0.05, 0) is 0 Å². The van der Waals surface area contributed by atoms with E-state index in [1.165, 1.54) is 0 Å². The third-order valence-electron chi connectivity index (χ3n) is 0. The first-order valence-corrected chi connectivity index (χ1v) is 1.86. The summed E-state index contributed by atoms with van der Waals surface area (Å²) in [4.78, 5) is 0. The highest BCUT2D eigenvalue weighted by Gasteiger charge is 1.41. The van der Waals surface area contributed by atoms with Gasteiger partial charge in [0.15, 0.2) is 0 Å². The Morgan fingerprint density at radius 3 is 1.40 bits per heavy atom. The third-order valence-corrected chi connectivity index (χ3v) is 0. The molecular weight excluding hydrogens is 113 g/mol. The Bertz CT molecular complexity index is 9.61. The zero-order chi connectivity index (χ0) is 4.71. The minimum Gasteiger partial charge on any atom is -0.320 e. The van der Waals surface area contributed by atoms with E-state index in [9.17, 15) is 0 Å². The van der Waals surface area contributed by atoms with Gasteiger partial charge in [0, 0.05) is 0 Å². The normalized spacial score (nSPS) is 4.80. The lowest BCUT2D eigenvalue weighted by Crippen LogP contribution is -1.72. The maximum absolute atomic E-state index is 6.50. The standard InChI is InChI=1S/CH2Cl2.H3NO/c2-1-3;1-2/h1H2;2H,1H2. The van der Waals surface area contributed by atoms with Gasteiger partial charge < -0.3 is 5.21 Å². The highest BCUT2D eigenvalue weighted by molar-refractivity contribution is 6.40. The molecule has 0 heterocycles. The molecule has 3 N–H and O–H groups in total. The monoisotopic (exact) mass is 117 g/mol. The molecule has 0 unspecified atom stereocenters. The van der Waals surface area contributed by atoms with Crippen LogP contribution in [0.3, 0.4) is 0 Å². The van der Waals surface area contributed by atoms with E-state index < -0.39 is 0 Å². The van der Waals surface area contributed by atoms with Crippen LogP contribution in [0.4, 0.5) is 0 Å². The van der Waals surface area contributed by atoms with E-state index >= 15 is 0 Å². The van der Waals surface area contributed by atoms with E-state index in [4.69, 9.17) is 28.4 Å². The van der Waals surface area contributed by atoms with E-state index in [2.05, 4.69) is 5.90 Å². The van der Waals surface area contributed by atoms with Crippen molar-refractivity contribution in [1.29, 1.82) is 0 Å². The first kappa shape index (κ1) is 9.09. The second-order valence-electron chi connectivity index (χ2n) is 0.101. The second-order valence-corrected chi connectivity index (χ2v) is 0.909. The average molecular weight is 118 g/mol. The number of hydrogen-bond donors (Lipinski definition) is 2. The zero-order valence-electron chi connectivity index (χ0n) is 2.49. The average Bonchev–Trinajstić information content (AvgIpc) is 1.46. The van der Waals surface area contributed by atoms with Crippen molar-refractivity contribution in [3.05, 3.63) is 0 Å². The summed E-state index contributed by atoms with van der Waals surface area (Å²) in [5, 5.41) is 6.69. The van der Waals surface area contributed by atoms with Crippen LogP contribution in [0.15, 0.2) is 0 Å². The van der Waals surface area contributed by atoms with Crippen LogP contribution in [0.5, 0.6) is 0 Å². The molecule has 5 heavy (non-hydrogen) atoms. The first-order valence-electron chi connectivity index (χ1n) is 0.793. The molecule has 0 saturated heterocycles. The Labute approximate surface area is 40.4 Å². The van der Waals surface area contributed by atoms with Crippen LogP contribution in [-0.2, 0) is 0 Å². The summed E-state index contributed by atoms with van der Waals surface area (Å²) in [5.41, 5.74) is 0. The van der Waals surface area contributed by atoms with Crippen LogP contribution in [0.1, 0.15) is 0 Å². The molecule has 0 radical (unpaired) electrons. The summed E-state index contributed by atoms with van der Waals surface area (Å²) >= 11 is 9.53. The molecule has 0 aliphatic rings. The molecule has 0 spiro atoms. The molecule has 0 atom stereocenters. The van der Waals surface area contributed by atoms with Crippen molar-refractivity contribution in [2.75, 3.05) is 5.34 Å². The predicted molar refractivity (Wildman–Crippen MR) is 22.5 cm³/mol. The van der Waals surface area contributed by atoms with Gasteiger partial charge >= 0.3 is 0 Å². The number of rotatable bonds is 0. The lowest BCUT2D eigenvalue weighted by Gasteiger charge is -1.42. The van der Waals surface area contributed by atoms with Crippen LogP contribution >= 0.6 is 23.2 Å². The maximum atomic E-state index is 6.50. The molecule has 0 saturated carbocycles. The van der Waals surface area contributed by atoms with Crippen LogP contribution in [0, 0.1) is 0 Å². The van der Waals surface area contributed by atoms with Crippen molar-refractivity contribution in [2.24, 2.45) is 5.90 Å². The van der Waals surface area contributed by atoms with E-state index in [-0.39, 0.29) is 5.34 Å². The smallest absolute Gasteiger partial charge is 0.0967 e. The molecule has 0 fully saturated rings. The fraction of sp³-hybridized carbons (Fsp3) is 1.00. The third kappa shape index (κ3) is 113.